The summed E-state index contributed by atoms with van der Waals surface area (Å²) in [4.78, 5) is 14.4. The third-order valence-corrected chi connectivity index (χ3v) is 3.66. The van der Waals surface area contributed by atoms with E-state index in [1.54, 1.807) is 31.3 Å². The molecule has 0 radical (unpaired) electrons. The van der Waals surface area contributed by atoms with Gasteiger partial charge in [0, 0.05) is 19.5 Å². The van der Waals surface area contributed by atoms with Crippen molar-refractivity contribution in [3.05, 3.63) is 23.8 Å². The maximum Gasteiger partial charge on any atom is 0.240 e. The lowest BCUT2D eigenvalue weighted by atomic mass is 9.98. The molecule has 0 N–H and O–H groups in total. The molecule has 5 nitrogen and oxygen atoms in total. The van der Waals surface area contributed by atoms with Gasteiger partial charge in [-0.15, -0.1) is 0 Å². The molecule has 0 heterocycles. The summed E-state index contributed by atoms with van der Waals surface area (Å²) in [6, 6.07) is 7.56. The van der Waals surface area contributed by atoms with Gasteiger partial charge in [0.2, 0.25) is 5.91 Å². The molecule has 23 heavy (non-hydrogen) atoms. The number of nitrogens with zero attached hydrogens (tertiary/aromatic N) is 2. The SMILES string of the molecule is CCCN(CCC)C(=O)C(C#N)Cc1cc(OC)ccc1OC. The van der Waals surface area contributed by atoms with Crippen LogP contribution in [-0.4, -0.2) is 38.1 Å². The first-order valence-electron chi connectivity index (χ1n) is 8.00. The minimum absolute atomic E-state index is 0.110. The second kappa shape index (κ2) is 9.73. The molecule has 0 saturated carbocycles. The van der Waals surface area contributed by atoms with Crippen molar-refractivity contribution in [2.75, 3.05) is 27.3 Å². The van der Waals surface area contributed by atoms with Crippen LogP contribution in [0.15, 0.2) is 18.2 Å². The van der Waals surface area contributed by atoms with Crippen LogP contribution in [0.3, 0.4) is 0 Å². The van der Waals surface area contributed by atoms with Crippen molar-refractivity contribution in [2.45, 2.75) is 33.1 Å². The number of amides is 1. The van der Waals surface area contributed by atoms with Gasteiger partial charge in [-0.25, -0.2) is 0 Å². The highest BCUT2D eigenvalue weighted by Gasteiger charge is 2.25. The summed E-state index contributed by atoms with van der Waals surface area (Å²) in [6.07, 6.45) is 2.08. The minimum atomic E-state index is -0.714. The second-order valence-corrected chi connectivity index (χ2v) is 5.39. The Morgan fingerprint density at radius 2 is 1.87 bits per heavy atom. The number of hydrogen-bond donors (Lipinski definition) is 0. The molecule has 0 saturated heterocycles. The number of carbonyl (C=O) groups excluding carboxylic acids is 1. The Labute approximate surface area is 138 Å². The van der Waals surface area contributed by atoms with Crippen molar-refractivity contribution in [1.82, 2.24) is 4.90 Å². The van der Waals surface area contributed by atoms with E-state index in [9.17, 15) is 10.1 Å². The fourth-order valence-corrected chi connectivity index (χ4v) is 2.54. The molecule has 1 aromatic rings. The van der Waals surface area contributed by atoms with Gasteiger partial charge in [-0.3, -0.25) is 4.79 Å². The van der Waals surface area contributed by atoms with Crippen LogP contribution < -0.4 is 9.47 Å². The fourth-order valence-electron chi connectivity index (χ4n) is 2.54. The van der Waals surface area contributed by atoms with Gasteiger partial charge in [-0.1, -0.05) is 13.8 Å². The lowest BCUT2D eigenvalue weighted by Gasteiger charge is -2.24. The molecule has 0 fully saturated rings. The van der Waals surface area contributed by atoms with Gasteiger partial charge < -0.3 is 14.4 Å². The average molecular weight is 318 g/mol. The van der Waals surface area contributed by atoms with E-state index >= 15 is 0 Å². The van der Waals surface area contributed by atoms with Crippen molar-refractivity contribution in [2.24, 2.45) is 5.92 Å². The molecule has 1 unspecified atom stereocenters. The first kappa shape index (κ1) is 18.8. The van der Waals surface area contributed by atoms with Crippen molar-refractivity contribution < 1.29 is 14.3 Å². The van der Waals surface area contributed by atoms with Crippen LogP contribution in [0.4, 0.5) is 0 Å². The number of ether oxygens (including phenoxy) is 2. The van der Waals surface area contributed by atoms with Gasteiger partial charge in [0.15, 0.2) is 0 Å². The van der Waals surface area contributed by atoms with Gasteiger partial charge in [-0.05, 0) is 36.6 Å². The summed E-state index contributed by atoms with van der Waals surface area (Å²) in [6.45, 7) is 5.42. The third kappa shape index (κ3) is 5.17. The first-order chi connectivity index (χ1) is 11.1. The summed E-state index contributed by atoms with van der Waals surface area (Å²) in [5.41, 5.74) is 0.805. The van der Waals surface area contributed by atoms with E-state index in [0.717, 1.165) is 18.4 Å². The molecule has 1 rings (SSSR count). The molecular weight excluding hydrogens is 292 g/mol. The number of rotatable bonds is 9. The first-order valence-corrected chi connectivity index (χ1v) is 8.00. The zero-order valence-electron chi connectivity index (χ0n) is 14.5. The molecular formula is C18H26N2O3. The molecule has 126 valence electrons. The van der Waals surface area contributed by atoms with E-state index in [1.165, 1.54) is 0 Å². The van der Waals surface area contributed by atoms with Crippen LogP contribution in [0.25, 0.3) is 0 Å². The summed E-state index contributed by atoms with van der Waals surface area (Å²) in [5, 5.41) is 9.46. The average Bonchev–Trinajstić information content (AvgIpc) is 2.58. The predicted octanol–water partition coefficient (Wildman–Crippen LogP) is 3.03. The Morgan fingerprint density at radius 3 is 2.35 bits per heavy atom. The van der Waals surface area contributed by atoms with E-state index < -0.39 is 5.92 Å². The lowest BCUT2D eigenvalue weighted by molar-refractivity contribution is -0.133. The zero-order chi connectivity index (χ0) is 17.2. The molecule has 0 spiro atoms. The van der Waals surface area contributed by atoms with Crippen molar-refractivity contribution in [1.29, 1.82) is 5.26 Å². The van der Waals surface area contributed by atoms with Crippen LogP contribution in [0.1, 0.15) is 32.3 Å². The van der Waals surface area contributed by atoms with Crippen LogP contribution >= 0.6 is 0 Å². The number of carbonyl (C=O) groups is 1. The van der Waals surface area contributed by atoms with Crippen molar-refractivity contribution >= 4 is 5.91 Å². The fraction of sp³-hybridized carbons (Fsp3) is 0.556. The highest BCUT2D eigenvalue weighted by Crippen LogP contribution is 2.27. The van der Waals surface area contributed by atoms with Gasteiger partial charge in [-0.2, -0.15) is 5.26 Å². The Hall–Kier alpha value is -2.22. The summed E-state index contributed by atoms with van der Waals surface area (Å²) >= 11 is 0. The standard InChI is InChI=1S/C18H26N2O3/c1-5-9-20(10-6-2)18(21)15(13-19)11-14-12-16(22-3)7-8-17(14)23-4/h7-8,12,15H,5-6,9-11H2,1-4H3. The maximum absolute atomic E-state index is 12.6. The van der Waals surface area contributed by atoms with E-state index in [0.29, 0.717) is 31.0 Å². The van der Waals surface area contributed by atoms with Crippen LogP contribution in [0.5, 0.6) is 11.5 Å². The molecule has 1 amide bonds. The smallest absolute Gasteiger partial charge is 0.240 e. The minimum Gasteiger partial charge on any atom is -0.497 e. The van der Waals surface area contributed by atoms with E-state index in [1.807, 2.05) is 19.9 Å². The Balaban J connectivity index is 2.99. The van der Waals surface area contributed by atoms with Crippen LogP contribution in [-0.2, 0) is 11.2 Å². The van der Waals surface area contributed by atoms with Crippen LogP contribution in [0.2, 0.25) is 0 Å². The molecule has 0 aliphatic heterocycles. The van der Waals surface area contributed by atoms with E-state index in [4.69, 9.17) is 9.47 Å². The number of methoxy groups -OCH3 is 2. The summed E-state index contributed by atoms with van der Waals surface area (Å²) in [5.74, 6) is 0.524. The number of hydrogen-bond acceptors (Lipinski definition) is 4. The molecule has 1 aromatic carbocycles. The highest BCUT2D eigenvalue weighted by molar-refractivity contribution is 5.81. The van der Waals surface area contributed by atoms with Gasteiger partial charge >= 0.3 is 0 Å². The van der Waals surface area contributed by atoms with Gasteiger partial charge in [0.25, 0.3) is 0 Å². The molecule has 5 heteroatoms. The predicted molar refractivity (Wildman–Crippen MR) is 89.5 cm³/mol. The Morgan fingerprint density at radius 1 is 1.22 bits per heavy atom. The molecule has 0 aromatic heterocycles. The highest BCUT2D eigenvalue weighted by atomic mass is 16.5. The van der Waals surface area contributed by atoms with Crippen molar-refractivity contribution in [3.63, 3.8) is 0 Å². The monoisotopic (exact) mass is 318 g/mol. The number of benzene rings is 1. The normalized spacial score (nSPS) is 11.4. The third-order valence-electron chi connectivity index (χ3n) is 3.66. The van der Waals surface area contributed by atoms with Gasteiger partial charge in [0.1, 0.15) is 17.4 Å². The van der Waals surface area contributed by atoms with Crippen LogP contribution in [0, 0.1) is 17.2 Å². The quantitative estimate of drug-likeness (QED) is 0.702. The number of nitriles is 1. The van der Waals surface area contributed by atoms with Gasteiger partial charge in [0.05, 0.1) is 20.3 Å². The molecule has 0 aliphatic carbocycles. The van der Waals surface area contributed by atoms with E-state index in [-0.39, 0.29) is 5.91 Å². The molecule has 0 bridgehead atoms. The maximum atomic E-state index is 12.6. The lowest BCUT2D eigenvalue weighted by Crippen LogP contribution is -2.37. The van der Waals surface area contributed by atoms with Crippen molar-refractivity contribution in [3.8, 4) is 17.6 Å². The molecule has 0 aliphatic rings. The zero-order valence-corrected chi connectivity index (χ0v) is 14.5. The summed E-state index contributed by atoms with van der Waals surface area (Å²) < 4.78 is 10.6. The van der Waals surface area contributed by atoms with E-state index in [2.05, 4.69) is 6.07 Å². The second-order valence-electron chi connectivity index (χ2n) is 5.39. The Kier molecular flexibility index (Phi) is 7.96. The Bertz CT molecular complexity index is 546. The summed E-state index contributed by atoms with van der Waals surface area (Å²) in [7, 11) is 3.16. The topological polar surface area (TPSA) is 62.6 Å². The largest absolute Gasteiger partial charge is 0.497 e. The molecule has 1 atom stereocenters.